The van der Waals surface area contributed by atoms with Crippen molar-refractivity contribution in [1.82, 2.24) is 0 Å². The third kappa shape index (κ3) is 32.8. The lowest BCUT2D eigenvalue weighted by Gasteiger charge is -2.25. The molecule has 0 saturated heterocycles. The molecule has 0 fully saturated rings. The van der Waals surface area contributed by atoms with E-state index in [1.165, 1.54) is 77.0 Å². The zero-order valence-corrected chi connectivity index (χ0v) is 27.5. The normalized spacial score (nSPS) is 14.0. The molecule has 0 saturated carbocycles. The van der Waals surface area contributed by atoms with Crippen LogP contribution in [0.3, 0.4) is 0 Å². The summed E-state index contributed by atoms with van der Waals surface area (Å²) in [6.45, 7) is 5.38. The van der Waals surface area contributed by atoms with Gasteiger partial charge < -0.3 is 33.8 Å². The summed E-state index contributed by atoms with van der Waals surface area (Å²) in [4.78, 5) is 36.6. The summed E-state index contributed by atoms with van der Waals surface area (Å²) >= 11 is 0. The molecule has 2 unspecified atom stereocenters. The van der Waals surface area contributed by atoms with Crippen LogP contribution in [0.25, 0.3) is 0 Å². The average Bonchev–Trinajstić information content (AvgIpc) is 2.90. The minimum absolute atomic E-state index is 0.294. The van der Waals surface area contributed by atoms with Crippen LogP contribution in [0.2, 0.25) is 0 Å². The van der Waals surface area contributed by atoms with E-state index >= 15 is 0 Å². The van der Waals surface area contributed by atoms with Gasteiger partial charge in [-0.05, 0) is 25.7 Å². The van der Waals surface area contributed by atoms with Crippen LogP contribution in [0.15, 0.2) is 0 Å². The highest BCUT2D eigenvalue weighted by atomic mass is 31.2. The smallest absolute Gasteiger partial charge is 0.381 e. The van der Waals surface area contributed by atoms with Crippen LogP contribution >= 0.6 is 15.6 Å². The first-order chi connectivity index (χ1) is 19.6. The minimum Gasteiger partial charge on any atom is -0.381 e. The van der Waals surface area contributed by atoms with Crippen molar-refractivity contribution in [2.75, 3.05) is 39.6 Å². The molecule has 0 aliphatic rings. The third-order valence-corrected chi connectivity index (χ3v) is 7.67. The van der Waals surface area contributed by atoms with Crippen LogP contribution < -0.4 is 0 Å². The third-order valence-electron chi connectivity index (χ3n) is 6.69. The first-order valence-corrected chi connectivity index (χ1v) is 18.8. The summed E-state index contributed by atoms with van der Waals surface area (Å²) in [5, 5.41) is 0. The van der Waals surface area contributed by atoms with Gasteiger partial charge in [0, 0.05) is 26.4 Å². The molecule has 0 amide bonds. The quantitative estimate of drug-likeness (QED) is 0.0443. The zero-order valence-electron chi connectivity index (χ0n) is 25.7. The predicted molar refractivity (Wildman–Crippen MR) is 161 cm³/mol. The van der Waals surface area contributed by atoms with Crippen LogP contribution in [0.5, 0.6) is 0 Å². The van der Waals surface area contributed by atoms with Gasteiger partial charge in [0.15, 0.2) is 0 Å². The van der Waals surface area contributed by atoms with Gasteiger partial charge in [-0.25, -0.2) is 9.13 Å². The van der Waals surface area contributed by atoms with Crippen molar-refractivity contribution in [3.63, 3.8) is 0 Å². The van der Waals surface area contributed by atoms with E-state index < -0.39 is 41.1 Å². The Labute approximate surface area is 248 Å². The van der Waals surface area contributed by atoms with Crippen LogP contribution in [-0.2, 0) is 32.4 Å². The van der Waals surface area contributed by atoms with Gasteiger partial charge in [0.1, 0.15) is 0 Å². The van der Waals surface area contributed by atoms with Gasteiger partial charge >= 0.3 is 15.6 Å². The molecule has 0 aliphatic heterocycles. The summed E-state index contributed by atoms with van der Waals surface area (Å²) in [7, 11) is -9.44. The Kier molecular flexibility index (Phi) is 27.7. The van der Waals surface area contributed by atoms with Crippen molar-refractivity contribution < 1.29 is 52.0 Å². The Hall–Kier alpha value is 0.1000. The Morgan fingerprint density at radius 1 is 0.488 bits per heavy atom. The maximum absolute atomic E-state index is 11.3. The van der Waals surface area contributed by atoms with E-state index in [0.717, 1.165) is 25.7 Å². The first-order valence-electron chi connectivity index (χ1n) is 15.8. The van der Waals surface area contributed by atoms with E-state index in [1.807, 2.05) is 0 Å². The molecule has 248 valence electrons. The summed E-state index contributed by atoms with van der Waals surface area (Å²) in [5.74, 6) is 0. The second-order valence-electron chi connectivity index (χ2n) is 10.7. The molecule has 41 heavy (non-hydrogen) atoms. The summed E-state index contributed by atoms with van der Waals surface area (Å²) in [6.07, 6.45) is 18.1. The predicted octanol–water partition coefficient (Wildman–Crippen LogP) is 7.05. The molecule has 0 aliphatic carbocycles. The summed E-state index contributed by atoms with van der Waals surface area (Å²) in [5.41, 5.74) is 0. The van der Waals surface area contributed by atoms with Crippen molar-refractivity contribution in [2.45, 2.75) is 142 Å². The molecule has 0 aromatic carbocycles. The van der Waals surface area contributed by atoms with Gasteiger partial charge in [0.2, 0.25) is 0 Å². The number of rotatable bonds is 32. The molecule has 0 rings (SSSR count). The lowest BCUT2D eigenvalue weighted by atomic mass is 10.1. The van der Waals surface area contributed by atoms with Gasteiger partial charge in [0.05, 0.1) is 25.4 Å². The molecule has 0 bridgehead atoms. The second-order valence-corrected chi connectivity index (χ2v) is 13.2. The Morgan fingerprint density at radius 2 is 0.805 bits per heavy atom. The standard InChI is InChI=1S/C28H60O11P2/c1-3-5-7-9-11-13-15-17-21-35-23-19-27(25-37-40(29,30)31)39-28(26-38-41(32,33)34)20-24-36-22-18-16-14-12-10-8-6-4-2/h27-28H,3-26H2,1-2H3,(H2,29,30,31)(H2,32,33,34). The fraction of sp³-hybridized carbons (Fsp3) is 1.00. The lowest BCUT2D eigenvalue weighted by Crippen LogP contribution is -2.31. The van der Waals surface area contributed by atoms with E-state index in [4.69, 9.17) is 33.8 Å². The zero-order chi connectivity index (χ0) is 30.7. The molecular weight excluding hydrogens is 574 g/mol. The maximum atomic E-state index is 11.3. The second kappa shape index (κ2) is 27.6. The van der Waals surface area contributed by atoms with Crippen LogP contribution in [0, 0.1) is 0 Å². The van der Waals surface area contributed by atoms with E-state index in [2.05, 4.69) is 22.9 Å². The van der Waals surface area contributed by atoms with Crippen molar-refractivity contribution >= 4 is 15.6 Å². The monoisotopic (exact) mass is 634 g/mol. The number of phosphoric acid groups is 2. The SMILES string of the molecule is CCCCCCCCCCOCCC(COP(=O)(O)O)OC(CCOCCCCCCCCCC)COP(=O)(O)O. The highest BCUT2D eigenvalue weighted by Crippen LogP contribution is 2.37. The maximum Gasteiger partial charge on any atom is 0.469 e. The summed E-state index contributed by atoms with van der Waals surface area (Å²) < 4.78 is 49.2. The fourth-order valence-corrected chi connectivity index (χ4v) is 5.04. The molecule has 0 radical (unpaired) electrons. The van der Waals surface area contributed by atoms with Crippen molar-refractivity contribution in [1.29, 1.82) is 0 Å². The topological polar surface area (TPSA) is 161 Å². The van der Waals surface area contributed by atoms with E-state index in [0.29, 0.717) is 39.3 Å². The number of phosphoric ester groups is 2. The molecule has 11 nitrogen and oxygen atoms in total. The highest BCUT2D eigenvalue weighted by molar-refractivity contribution is 7.46. The lowest BCUT2D eigenvalue weighted by molar-refractivity contribution is -0.0794. The summed E-state index contributed by atoms with van der Waals surface area (Å²) in [6, 6.07) is 0. The van der Waals surface area contributed by atoms with Gasteiger partial charge in [0.25, 0.3) is 0 Å². The van der Waals surface area contributed by atoms with E-state index in [1.54, 1.807) is 0 Å². The van der Waals surface area contributed by atoms with Gasteiger partial charge in [-0.2, -0.15) is 0 Å². The molecule has 0 spiro atoms. The molecule has 0 aromatic rings. The van der Waals surface area contributed by atoms with Gasteiger partial charge in [-0.15, -0.1) is 0 Å². The van der Waals surface area contributed by atoms with Crippen LogP contribution in [0.4, 0.5) is 0 Å². The van der Waals surface area contributed by atoms with Crippen molar-refractivity contribution in [2.24, 2.45) is 0 Å². The van der Waals surface area contributed by atoms with Crippen LogP contribution in [-0.4, -0.2) is 71.4 Å². The Balaban J connectivity index is 4.50. The molecule has 0 aromatic heterocycles. The molecule has 4 N–H and O–H groups in total. The van der Waals surface area contributed by atoms with Crippen molar-refractivity contribution in [3.8, 4) is 0 Å². The van der Waals surface area contributed by atoms with Gasteiger partial charge in [-0.1, -0.05) is 104 Å². The largest absolute Gasteiger partial charge is 0.469 e. The first kappa shape index (κ1) is 41.1. The Morgan fingerprint density at radius 3 is 1.12 bits per heavy atom. The average molecular weight is 635 g/mol. The minimum atomic E-state index is -4.72. The molecule has 0 heterocycles. The fourth-order valence-electron chi connectivity index (χ4n) is 4.32. The number of hydrogen-bond donors (Lipinski definition) is 4. The van der Waals surface area contributed by atoms with Crippen molar-refractivity contribution in [3.05, 3.63) is 0 Å². The molecular formula is C28H60O11P2. The van der Waals surface area contributed by atoms with E-state index in [-0.39, 0.29) is 0 Å². The molecule has 2 atom stereocenters. The van der Waals surface area contributed by atoms with Crippen LogP contribution in [0.1, 0.15) is 129 Å². The Bertz CT molecular complexity index is 603. The van der Waals surface area contributed by atoms with Gasteiger partial charge in [-0.3, -0.25) is 9.05 Å². The highest BCUT2D eigenvalue weighted by Gasteiger charge is 2.24. The van der Waals surface area contributed by atoms with E-state index in [9.17, 15) is 9.13 Å². The number of hydrogen-bond acceptors (Lipinski definition) is 7. The number of ether oxygens (including phenoxy) is 3. The number of unbranched alkanes of at least 4 members (excludes halogenated alkanes) is 14. The molecule has 13 heteroatoms.